The number of rotatable bonds is 3. The van der Waals surface area contributed by atoms with Crippen LogP contribution in [0, 0.1) is 0 Å². The number of nitrogens with zero attached hydrogens (tertiary/aromatic N) is 2. The molecule has 96 valence electrons. The lowest BCUT2D eigenvalue weighted by Gasteiger charge is -2.12. The Morgan fingerprint density at radius 2 is 2.11 bits per heavy atom. The third-order valence-corrected chi connectivity index (χ3v) is 3.41. The van der Waals surface area contributed by atoms with Gasteiger partial charge in [-0.3, -0.25) is 9.48 Å². The zero-order valence-corrected chi connectivity index (χ0v) is 11.4. The summed E-state index contributed by atoms with van der Waals surface area (Å²) >= 11 is 6.13. The van der Waals surface area contributed by atoms with Crippen molar-refractivity contribution in [2.75, 3.05) is 0 Å². The standard InChI is InChI=1S/C14H17ClN2O/c1-3-12-13(15)14(18)17(16(12)4-2)11-9-7-5-6-8-10-11/h5,7-10H,3-4,6H2,1-2H3. The van der Waals surface area contributed by atoms with E-state index >= 15 is 0 Å². The minimum Gasteiger partial charge on any atom is -0.281 e. The molecular formula is C14H17ClN2O. The lowest BCUT2D eigenvalue weighted by molar-refractivity contribution is 0.560. The molecule has 0 atom stereocenters. The molecule has 1 aromatic heterocycles. The molecule has 1 aromatic rings. The van der Waals surface area contributed by atoms with Crippen LogP contribution < -0.4 is 5.56 Å². The molecule has 0 radical (unpaired) electrons. The van der Waals surface area contributed by atoms with E-state index in [2.05, 4.69) is 6.08 Å². The smallest absolute Gasteiger partial charge is 0.281 e. The van der Waals surface area contributed by atoms with Crippen LogP contribution in [0.25, 0.3) is 5.70 Å². The summed E-state index contributed by atoms with van der Waals surface area (Å²) in [7, 11) is 0. The molecule has 1 aliphatic rings. The van der Waals surface area contributed by atoms with E-state index in [4.69, 9.17) is 11.6 Å². The normalized spacial score (nSPS) is 14.7. The molecule has 0 fully saturated rings. The Kier molecular flexibility index (Phi) is 3.92. The molecule has 1 aliphatic carbocycles. The second-order valence-corrected chi connectivity index (χ2v) is 4.48. The molecule has 0 saturated carbocycles. The SMILES string of the molecule is CCc1c(Cl)c(=O)n(C2=CC=CCC=C2)n1CC. The van der Waals surface area contributed by atoms with E-state index < -0.39 is 0 Å². The van der Waals surface area contributed by atoms with Gasteiger partial charge in [0.1, 0.15) is 5.02 Å². The van der Waals surface area contributed by atoms with Crippen molar-refractivity contribution in [3.63, 3.8) is 0 Å². The fourth-order valence-electron chi connectivity index (χ4n) is 2.20. The van der Waals surface area contributed by atoms with Crippen LogP contribution in [0.1, 0.15) is 26.0 Å². The van der Waals surface area contributed by atoms with E-state index in [1.54, 1.807) is 4.68 Å². The van der Waals surface area contributed by atoms with Crippen molar-refractivity contribution in [1.29, 1.82) is 0 Å². The summed E-state index contributed by atoms with van der Waals surface area (Å²) < 4.78 is 3.60. The Hall–Kier alpha value is -1.48. The highest BCUT2D eigenvalue weighted by molar-refractivity contribution is 6.31. The largest absolute Gasteiger partial charge is 0.290 e. The first-order chi connectivity index (χ1) is 8.70. The Balaban J connectivity index is 2.67. The van der Waals surface area contributed by atoms with Gasteiger partial charge >= 0.3 is 0 Å². The second kappa shape index (κ2) is 5.44. The fraction of sp³-hybridized carbons (Fsp3) is 0.357. The van der Waals surface area contributed by atoms with Crippen LogP contribution in [-0.4, -0.2) is 9.36 Å². The predicted octanol–water partition coefficient (Wildman–Crippen LogP) is 3.24. The van der Waals surface area contributed by atoms with Crippen molar-refractivity contribution >= 4 is 17.3 Å². The van der Waals surface area contributed by atoms with Gasteiger partial charge in [0.25, 0.3) is 5.56 Å². The van der Waals surface area contributed by atoms with Gasteiger partial charge in [0.05, 0.1) is 11.4 Å². The Bertz CT molecular complexity index is 588. The van der Waals surface area contributed by atoms with E-state index in [-0.39, 0.29) is 5.56 Å². The van der Waals surface area contributed by atoms with Gasteiger partial charge in [0, 0.05) is 6.54 Å². The van der Waals surface area contributed by atoms with Gasteiger partial charge in [-0.15, -0.1) is 0 Å². The van der Waals surface area contributed by atoms with Crippen molar-refractivity contribution in [3.05, 3.63) is 51.5 Å². The molecule has 4 heteroatoms. The summed E-state index contributed by atoms with van der Waals surface area (Å²) in [5.74, 6) is 0. The molecule has 0 saturated heterocycles. The highest BCUT2D eigenvalue weighted by Crippen LogP contribution is 2.18. The van der Waals surface area contributed by atoms with Crippen molar-refractivity contribution in [2.24, 2.45) is 0 Å². The van der Waals surface area contributed by atoms with Gasteiger partial charge < -0.3 is 0 Å². The summed E-state index contributed by atoms with van der Waals surface area (Å²) in [6.45, 7) is 4.75. The first kappa shape index (κ1) is 13.0. The average Bonchev–Trinajstić information content (AvgIpc) is 2.58. The van der Waals surface area contributed by atoms with E-state index in [1.807, 2.05) is 42.8 Å². The molecule has 1 heterocycles. The van der Waals surface area contributed by atoms with E-state index in [0.717, 1.165) is 30.8 Å². The molecule has 3 nitrogen and oxygen atoms in total. The molecule has 0 unspecified atom stereocenters. The fourth-order valence-corrected chi connectivity index (χ4v) is 2.51. The predicted molar refractivity (Wildman–Crippen MR) is 75.9 cm³/mol. The maximum atomic E-state index is 12.3. The Morgan fingerprint density at radius 3 is 2.78 bits per heavy atom. The number of hydrogen-bond donors (Lipinski definition) is 0. The molecule has 0 aliphatic heterocycles. The second-order valence-electron chi connectivity index (χ2n) is 4.10. The van der Waals surface area contributed by atoms with Gasteiger partial charge in [-0.05, 0) is 31.9 Å². The summed E-state index contributed by atoms with van der Waals surface area (Å²) in [5.41, 5.74) is 1.62. The summed E-state index contributed by atoms with van der Waals surface area (Å²) in [6.07, 6.45) is 11.6. The number of halogens is 1. The Morgan fingerprint density at radius 1 is 1.33 bits per heavy atom. The van der Waals surface area contributed by atoms with Crippen molar-refractivity contribution in [3.8, 4) is 0 Å². The molecule has 18 heavy (non-hydrogen) atoms. The van der Waals surface area contributed by atoms with Crippen LogP contribution in [0.15, 0.2) is 35.2 Å². The average molecular weight is 265 g/mol. The van der Waals surface area contributed by atoms with E-state index in [1.165, 1.54) is 0 Å². The first-order valence-corrected chi connectivity index (χ1v) is 6.62. The van der Waals surface area contributed by atoms with Crippen molar-refractivity contribution < 1.29 is 0 Å². The lowest BCUT2D eigenvalue weighted by atomic mass is 10.3. The van der Waals surface area contributed by atoms with Crippen LogP contribution >= 0.6 is 11.6 Å². The number of aromatic nitrogens is 2. The molecule has 0 N–H and O–H groups in total. The third-order valence-electron chi connectivity index (χ3n) is 3.03. The Labute approximate surface area is 112 Å². The summed E-state index contributed by atoms with van der Waals surface area (Å²) in [5, 5.41) is 0.335. The zero-order valence-electron chi connectivity index (χ0n) is 10.7. The van der Waals surface area contributed by atoms with Crippen LogP contribution in [0.2, 0.25) is 5.02 Å². The molecule has 0 aromatic carbocycles. The lowest BCUT2D eigenvalue weighted by Crippen LogP contribution is -2.22. The highest BCUT2D eigenvalue weighted by Gasteiger charge is 2.17. The number of allylic oxidation sites excluding steroid dienone is 6. The van der Waals surface area contributed by atoms with Gasteiger partial charge in [-0.25, -0.2) is 4.68 Å². The third kappa shape index (κ3) is 2.10. The van der Waals surface area contributed by atoms with Gasteiger partial charge in [0.15, 0.2) is 0 Å². The zero-order chi connectivity index (χ0) is 13.1. The van der Waals surface area contributed by atoms with Gasteiger partial charge in [0.2, 0.25) is 0 Å². The van der Waals surface area contributed by atoms with Crippen LogP contribution in [0.5, 0.6) is 0 Å². The van der Waals surface area contributed by atoms with E-state index in [9.17, 15) is 4.79 Å². The van der Waals surface area contributed by atoms with Crippen LogP contribution in [0.3, 0.4) is 0 Å². The number of hydrogen-bond acceptors (Lipinski definition) is 1. The quantitative estimate of drug-likeness (QED) is 0.823. The maximum absolute atomic E-state index is 12.3. The maximum Gasteiger partial charge on any atom is 0.290 e. The van der Waals surface area contributed by atoms with E-state index in [0.29, 0.717) is 5.02 Å². The van der Waals surface area contributed by atoms with Crippen LogP contribution in [-0.2, 0) is 13.0 Å². The molecule has 0 spiro atoms. The summed E-state index contributed by atoms with van der Waals surface area (Å²) in [6, 6.07) is 0. The summed E-state index contributed by atoms with van der Waals surface area (Å²) in [4.78, 5) is 12.3. The van der Waals surface area contributed by atoms with Gasteiger partial charge in [-0.2, -0.15) is 0 Å². The molecule has 2 rings (SSSR count). The van der Waals surface area contributed by atoms with Crippen LogP contribution in [0.4, 0.5) is 0 Å². The first-order valence-electron chi connectivity index (χ1n) is 6.24. The van der Waals surface area contributed by atoms with Gasteiger partial charge in [-0.1, -0.05) is 36.8 Å². The van der Waals surface area contributed by atoms with Crippen molar-refractivity contribution in [2.45, 2.75) is 33.2 Å². The minimum absolute atomic E-state index is 0.137. The van der Waals surface area contributed by atoms with Crippen molar-refractivity contribution in [1.82, 2.24) is 9.36 Å². The minimum atomic E-state index is -0.137. The highest BCUT2D eigenvalue weighted by atomic mass is 35.5. The molecule has 0 amide bonds. The monoisotopic (exact) mass is 264 g/mol. The molecular weight excluding hydrogens is 248 g/mol. The molecule has 0 bridgehead atoms. The topological polar surface area (TPSA) is 26.9 Å².